The van der Waals surface area contributed by atoms with Crippen molar-refractivity contribution in [2.75, 3.05) is 0 Å². The van der Waals surface area contributed by atoms with Gasteiger partial charge in [-0.3, -0.25) is 0 Å². The maximum Gasteiger partial charge on any atom is 0.152 e. The zero-order valence-electron chi connectivity index (χ0n) is 5.32. The second kappa shape index (κ2) is 2.91. The third-order valence-corrected chi connectivity index (χ3v) is 1.25. The largest absolute Gasteiger partial charge is 0.382 e. The van der Waals surface area contributed by atoms with Gasteiger partial charge < -0.3 is 5.73 Å². The van der Waals surface area contributed by atoms with Crippen LogP contribution >= 0.6 is 0 Å². The normalized spacial score (nSPS) is 17.2. The number of nitrogens with zero attached hydrogens (tertiary/aromatic N) is 2. The SMILES string of the molecule is NC(=NN=O)C1=CC=CC1. The minimum Gasteiger partial charge on any atom is -0.382 e. The fourth-order valence-electron chi connectivity index (χ4n) is 0.745. The molecule has 1 rings (SSSR count). The van der Waals surface area contributed by atoms with E-state index >= 15 is 0 Å². The topological polar surface area (TPSA) is 67.8 Å². The van der Waals surface area contributed by atoms with Crippen molar-refractivity contribution < 1.29 is 0 Å². The summed E-state index contributed by atoms with van der Waals surface area (Å²) in [4.78, 5) is 9.61. The summed E-state index contributed by atoms with van der Waals surface area (Å²) in [6, 6.07) is 0. The first-order valence-electron chi connectivity index (χ1n) is 2.86. The Balaban J connectivity index is 2.67. The predicted molar refractivity (Wildman–Crippen MR) is 39.3 cm³/mol. The Morgan fingerprint density at radius 2 is 2.50 bits per heavy atom. The molecule has 0 fully saturated rings. The highest BCUT2D eigenvalue weighted by atomic mass is 16.3. The van der Waals surface area contributed by atoms with Gasteiger partial charge in [-0.25, -0.2) is 0 Å². The lowest BCUT2D eigenvalue weighted by atomic mass is 10.2. The van der Waals surface area contributed by atoms with Crippen LogP contribution in [0.15, 0.2) is 34.2 Å². The molecular formula is C6H7N3O. The second-order valence-electron chi connectivity index (χ2n) is 1.89. The molecule has 4 nitrogen and oxygen atoms in total. The molecule has 0 amide bonds. The first kappa shape index (κ1) is 6.67. The first-order chi connectivity index (χ1) is 4.84. The van der Waals surface area contributed by atoms with Crippen LogP contribution in [0, 0.1) is 4.91 Å². The monoisotopic (exact) mass is 137 g/mol. The summed E-state index contributed by atoms with van der Waals surface area (Å²) < 4.78 is 0. The molecule has 0 atom stereocenters. The number of amidine groups is 1. The molecule has 0 aliphatic heterocycles. The van der Waals surface area contributed by atoms with E-state index in [1.807, 2.05) is 18.2 Å². The fraction of sp³-hybridized carbons (Fsp3) is 0.167. The Morgan fingerprint density at radius 3 is 3.00 bits per heavy atom. The maximum atomic E-state index is 9.61. The smallest absolute Gasteiger partial charge is 0.152 e. The Labute approximate surface area is 58.1 Å². The molecule has 52 valence electrons. The highest BCUT2D eigenvalue weighted by Crippen LogP contribution is 2.09. The number of hydrogen-bond acceptors (Lipinski definition) is 2. The van der Waals surface area contributed by atoms with Crippen molar-refractivity contribution in [2.45, 2.75) is 6.42 Å². The van der Waals surface area contributed by atoms with E-state index in [2.05, 4.69) is 10.4 Å². The van der Waals surface area contributed by atoms with Crippen LogP contribution in [0.2, 0.25) is 0 Å². The predicted octanol–water partition coefficient (Wildman–Crippen LogP) is 0.911. The van der Waals surface area contributed by atoms with E-state index in [4.69, 9.17) is 5.73 Å². The van der Waals surface area contributed by atoms with Crippen molar-refractivity contribution in [1.82, 2.24) is 0 Å². The van der Waals surface area contributed by atoms with Crippen LogP contribution < -0.4 is 5.73 Å². The summed E-state index contributed by atoms with van der Waals surface area (Å²) in [6.07, 6.45) is 6.35. The molecule has 0 saturated heterocycles. The third kappa shape index (κ3) is 1.28. The molecule has 0 unspecified atom stereocenters. The van der Waals surface area contributed by atoms with Gasteiger partial charge in [-0.05, 0) is 12.0 Å². The highest BCUT2D eigenvalue weighted by Gasteiger charge is 2.02. The van der Waals surface area contributed by atoms with Gasteiger partial charge in [-0.15, -0.1) is 4.91 Å². The third-order valence-electron chi connectivity index (χ3n) is 1.25. The van der Waals surface area contributed by atoms with Crippen molar-refractivity contribution in [3.63, 3.8) is 0 Å². The number of rotatable bonds is 2. The summed E-state index contributed by atoms with van der Waals surface area (Å²) in [6.45, 7) is 0. The zero-order chi connectivity index (χ0) is 7.40. The molecule has 0 heterocycles. The summed E-state index contributed by atoms with van der Waals surface area (Å²) in [5, 5.41) is 5.49. The van der Waals surface area contributed by atoms with E-state index in [0.717, 1.165) is 12.0 Å². The molecule has 1 aliphatic rings. The molecule has 0 spiro atoms. The van der Waals surface area contributed by atoms with E-state index in [-0.39, 0.29) is 5.84 Å². The van der Waals surface area contributed by atoms with Gasteiger partial charge in [0, 0.05) is 0 Å². The fourth-order valence-corrected chi connectivity index (χ4v) is 0.745. The Kier molecular flexibility index (Phi) is 1.94. The second-order valence-corrected chi connectivity index (χ2v) is 1.89. The van der Waals surface area contributed by atoms with Crippen LogP contribution in [0.3, 0.4) is 0 Å². The van der Waals surface area contributed by atoms with Crippen LogP contribution in [-0.2, 0) is 0 Å². The van der Waals surface area contributed by atoms with Crippen LogP contribution in [0.1, 0.15) is 6.42 Å². The number of nitrogens with two attached hydrogens (primary N) is 1. The molecule has 0 aromatic rings. The van der Waals surface area contributed by atoms with Crippen molar-refractivity contribution in [3.8, 4) is 0 Å². The van der Waals surface area contributed by atoms with Gasteiger partial charge in [0.1, 0.15) is 0 Å². The van der Waals surface area contributed by atoms with Gasteiger partial charge in [0.15, 0.2) is 5.84 Å². The van der Waals surface area contributed by atoms with Crippen molar-refractivity contribution in [1.29, 1.82) is 0 Å². The Bertz CT molecular complexity index is 221. The Morgan fingerprint density at radius 1 is 1.70 bits per heavy atom. The molecule has 1 aliphatic carbocycles. The number of nitroso groups, excluding NO2 is 1. The standard InChI is InChI=1S/C6H7N3O/c7-6(8-9-10)5-3-1-2-4-5/h1-3H,4H2,(H2,7,8,10). The van der Waals surface area contributed by atoms with Crippen molar-refractivity contribution >= 4 is 5.84 Å². The molecule has 0 radical (unpaired) electrons. The van der Waals surface area contributed by atoms with Crippen molar-refractivity contribution in [2.24, 2.45) is 16.1 Å². The first-order valence-corrected chi connectivity index (χ1v) is 2.86. The minimum absolute atomic E-state index is 0.208. The van der Waals surface area contributed by atoms with E-state index in [0.29, 0.717) is 0 Å². The van der Waals surface area contributed by atoms with Gasteiger partial charge in [-0.2, -0.15) is 0 Å². The highest BCUT2D eigenvalue weighted by molar-refractivity contribution is 5.97. The Hall–Kier alpha value is -1.45. The lowest BCUT2D eigenvalue weighted by Crippen LogP contribution is -2.12. The lowest BCUT2D eigenvalue weighted by Gasteiger charge is -1.94. The average molecular weight is 137 g/mol. The minimum atomic E-state index is 0.208. The average Bonchev–Trinajstić information content (AvgIpc) is 2.38. The molecule has 4 heteroatoms. The zero-order valence-corrected chi connectivity index (χ0v) is 5.32. The summed E-state index contributed by atoms with van der Waals surface area (Å²) >= 11 is 0. The molecular weight excluding hydrogens is 130 g/mol. The molecule has 0 aromatic carbocycles. The van der Waals surface area contributed by atoms with E-state index < -0.39 is 0 Å². The van der Waals surface area contributed by atoms with Gasteiger partial charge in [0.2, 0.25) is 0 Å². The van der Waals surface area contributed by atoms with E-state index in [1.165, 1.54) is 0 Å². The van der Waals surface area contributed by atoms with E-state index in [1.54, 1.807) is 0 Å². The maximum absolute atomic E-state index is 9.61. The molecule has 0 bridgehead atoms. The molecule has 10 heavy (non-hydrogen) atoms. The van der Waals surface area contributed by atoms with Crippen LogP contribution in [0.5, 0.6) is 0 Å². The summed E-state index contributed by atoms with van der Waals surface area (Å²) in [7, 11) is 0. The van der Waals surface area contributed by atoms with Crippen LogP contribution in [-0.4, -0.2) is 5.84 Å². The quantitative estimate of drug-likeness (QED) is 0.266. The lowest BCUT2D eigenvalue weighted by molar-refractivity contribution is 1.18. The molecule has 2 N–H and O–H groups in total. The van der Waals surface area contributed by atoms with Crippen LogP contribution in [0.25, 0.3) is 0 Å². The van der Waals surface area contributed by atoms with Gasteiger partial charge >= 0.3 is 0 Å². The van der Waals surface area contributed by atoms with Crippen molar-refractivity contribution in [3.05, 3.63) is 28.7 Å². The van der Waals surface area contributed by atoms with Gasteiger partial charge in [0.05, 0.1) is 5.29 Å². The van der Waals surface area contributed by atoms with Crippen LogP contribution in [0.4, 0.5) is 0 Å². The summed E-state index contributed by atoms with van der Waals surface area (Å²) in [5.41, 5.74) is 6.18. The molecule has 0 saturated carbocycles. The van der Waals surface area contributed by atoms with Gasteiger partial charge in [-0.1, -0.05) is 23.3 Å². The number of hydrogen-bond donors (Lipinski definition) is 1. The number of allylic oxidation sites excluding steroid dienone is 3. The summed E-state index contributed by atoms with van der Waals surface area (Å²) in [5.74, 6) is 0.208. The van der Waals surface area contributed by atoms with Gasteiger partial charge in [0.25, 0.3) is 0 Å². The molecule has 0 aromatic heterocycles. The van der Waals surface area contributed by atoms with E-state index in [9.17, 15) is 4.91 Å².